The van der Waals surface area contributed by atoms with Gasteiger partial charge in [-0.25, -0.2) is 4.79 Å². The summed E-state index contributed by atoms with van der Waals surface area (Å²) in [6.07, 6.45) is 2.55. The number of nitrogens with one attached hydrogen (secondary N) is 1. The van der Waals surface area contributed by atoms with Crippen LogP contribution in [0.1, 0.15) is 34.1 Å². The summed E-state index contributed by atoms with van der Waals surface area (Å²) in [6, 6.07) is 0.342. The van der Waals surface area contributed by atoms with Gasteiger partial charge in [0.25, 0.3) is 0 Å². The van der Waals surface area contributed by atoms with Gasteiger partial charge < -0.3 is 10.1 Å². The Morgan fingerprint density at radius 1 is 1.54 bits per heavy atom. The monoisotopic (exact) mass is 185 g/mol. The molecule has 0 saturated heterocycles. The Morgan fingerprint density at radius 2 is 2.15 bits per heavy atom. The van der Waals surface area contributed by atoms with Gasteiger partial charge >= 0.3 is 5.97 Å². The quantitative estimate of drug-likeness (QED) is 0.524. The van der Waals surface area contributed by atoms with Crippen molar-refractivity contribution in [1.82, 2.24) is 5.32 Å². The second-order valence-corrected chi connectivity index (χ2v) is 3.28. The van der Waals surface area contributed by atoms with Gasteiger partial charge in [0, 0.05) is 17.8 Å². The highest BCUT2D eigenvalue weighted by molar-refractivity contribution is 5.87. The van der Waals surface area contributed by atoms with E-state index in [0.29, 0.717) is 18.2 Å². The van der Waals surface area contributed by atoms with Gasteiger partial charge in [-0.1, -0.05) is 6.92 Å². The van der Waals surface area contributed by atoms with Gasteiger partial charge in [-0.05, 0) is 27.2 Å². The lowest BCUT2D eigenvalue weighted by molar-refractivity contribution is -0.139. The van der Waals surface area contributed by atoms with E-state index in [1.165, 1.54) is 0 Å². The molecule has 0 unspecified atom stereocenters. The van der Waals surface area contributed by atoms with Gasteiger partial charge in [0.1, 0.15) is 0 Å². The molecular weight excluding hydrogens is 166 g/mol. The van der Waals surface area contributed by atoms with Crippen molar-refractivity contribution in [3.8, 4) is 0 Å². The molecule has 3 nitrogen and oxygen atoms in total. The van der Waals surface area contributed by atoms with E-state index in [0.717, 1.165) is 6.42 Å². The lowest BCUT2D eigenvalue weighted by Gasteiger charge is -2.06. The van der Waals surface area contributed by atoms with E-state index in [1.54, 1.807) is 13.1 Å². The largest absolute Gasteiger partial charge is 0.462 e. The molecule has 0 rings (SSSR count). The molecule has 76 valence electrons. The summed E-state index contributed by atoms with van der Waals surface area (Å²) in [5.41, 5.74) is 0.613. The molecule has 0 spiro atoms. The lowest BCUT2D eigenvalue weighted by Crippen LogP contribution is -2.18. The molecular formula is C10H19NO2. The van der Waals surface area contributed by atoms with E-state index < -0.39 is 0 Å². The van der Waals surface area contributed by atoms with Crippen molar-refractivity contribution in [2.45, 2.75) is 40.2 Å². The highest BCUT2D eigenvalue weighted by atomic mass is 16.5. The highest BCUT2D eigenvalue weighted by Gasteiger charge is 2.03. The first-order valence-electron chi connectivity index (χ1n) is 4.67. The minimum absolute atomic E-state index is 0.241. The second-order valence-electron chi connectivity index (χ2n) is 3.28. The summed E-state index contributed by atoms with van der Waals surface area (Å²) in [4.78, 5) is 11.2. The number of hydrogen-bond donors (Lipinski definition) is 1. The van der Waals surface area contributed by atoms with Crippen LogP contribution in [0, 0.1) is 0 Å². The predicted octanol–water partition coefficient (Wildman–Crippen LogP) is 1.84. The standard InChI is InChI=1S/C10H19NO2/c1-5-6-13-10(12)9(4)7-11-8(2)3/h7-8,11H,5-6H2,1-4H3. The fourth-order valence-electron chi connectivity index (χ4n) is 0.659. The van der Waals surface area contributed by atoms with Crippen molar-refractivity contribution in [3.63, 3.8) is 0 Å². The Kier molecular flexibility index (Phi) is 6.02. The Labute approximate surface area is 80.2 Å². The van der Waals surface area contributed by atoms with Gasteiger partial charge in [-0.2, -0.15) is 0 Å². The molecule has 0 amide bonds. The first kappa shape index (κ1) is 12.0. The summed E-state index contributed by atoms with van der Waals surface area (Å²) in [5, 5.41) is 3.04. The molecule has 0 radical (unpaired) electrons. The normalized spacial score (nSPS) is 11.6. The maximum atomic E-state index is 11.2. The zero-order valence-corrected chi connectivity index (χ0v) is 8.89. The second kappa shape index (κ2) is 6.52. The SMILES string of the molecule is CCCOC(=O)C(C)=CNC(C)C. The molecule has 0 aromatic rings. The third-order valence-corrected chi connectivity index (χ3v) is 1.39. The number of ether oxygens (including phenoxy) is 1. The van der Waals surface area contributed by atoms with Crippen molar-refractivity contribution in [1.29, 1.82) is 0 Å². The number of esters is 1. The van der Waals surface area contributed by atoms with Gasteiger partial charge in [0.2, 0.25) is 0 Å². The Morgan fingerprint density at radius 3 is 2.62 bits per heavy atom. The molecule has 0 atom stereocenters. The molecule has 0 saturated carbocycles. The molecule has 0 aliphatic heterocycles. The van der Waals surface area contributed by atoms with E-state index in [1.807, 2.05) is 20.8 Å². The first-order valence-corrected chi connectivity index (χ1v) is 4.67. The fourth-order valence-corrected chi connectivity index (χ4v) is 0.659. The fraction of sp³-hybridized carbons (Fsp3) is 0.700. The number of carbonyl (C=O) groups excluding carboxylic acids is 1. The van der Waals surface area contributed by atoms with Crippen molar-refractivity contribution in [2.75, 3.05) is 6.61 Å². The third kappa shape index (κ3) is 6.20. The summed E-state index contributed by atoms with van der Waals surface area (Å²) in [5.74, 6) is -0.241. The van der Waals surface area contributed by atoms with Crippen LogP contribution in [0.2, 0.25) is 0 Å². The first-order chi connectivity index (χ1) is 6.07. The van der Waals surface area contributed by atoms with Crippen LogP contribution in [0.3, 0.4) is 0 Å². The van der Waals surface area contributed by atoms with E-state index in [9.17, 15) is 4.79 Å². The van der Waals surface area contributed by atoms with Crippen molar-refractivity contribution >= 4 is 5.97 Å². The molecule has 0 fully saturated rings. The Hall–Kier alpha value is -0.990. The van der Waals surface area contributed by atoms with Crippen LogP contribution in [0.25, 0.3) is 0 Å². The van der Waals surface area contributed by atoms with Gasteiger partial charge in [0.05, 0.1) is 6.61 Å². The average Bonchev–Trinajstić information content (AvgIpc) is 2.10. The van der Waals surface area contributed by atoms with Crippen LogP contribution in [0.4, 0.5) is 0 Å². The molecule has 0 bridgehead atoms. The molecule has 0 aromatic carbocycles. The van der Waals surface area contributed by atoms with Crippen LogP contribution >= 0.6 is 0 Å². The predicted molar refractivity (Wildman–Crippen MR) is 53.3 cm³/mol. The summed E-state index contributed by atoms with van der Waals surface area (Å²) in [7, 11) is 0. The minimum Gasteiger partial charge on any atom is -0.462 e. The highest BCUT2D eigenvalue weighted by Crippen LogP contribution is 1.96. The summed E-state index contributed by atoms with van der Waals surface area (Å²) in [6.45, 7) is 8.24. The Bertz CT molecular complexity index is 185. The number of rotatable bonds is 5. The molecule has 0 heterocycles. The maximum absolute atomic E-state index is 11.2. The van der Waals surface area contributed by atoms with E-state index in [2.05, 4.69) is 5.32 Å². The van der Waals surface area contributed by atoms with Crippen molar-refractivity contribution in [2.24, 2.45) is 0 Å². The Balaban J connectivity index is 3.86. The van der Waals surface area contributed by atoms with Crippen LogP contribution in [-0.4, -0.2) is 18.6 Å². The van der Waals surface area contributed by atoms with Crippen LogP contribution in [-0.2, 0) is 9.53 Å². The zero-order chi connectivity index (χ0) is 10.3. The van der Waals surface area contributed by atoms with Gasteiger partial charge in [-0.3, -0.25) is 0 Å². The molecule has 3 heteroatoms. The van der Waals surface area contributed by atoms with E-state index >= 15 is 0 Å². The molecule has 0 aromatic heterocycles. The topological polar surface area (TPSA) is 38.3 Å². The van der Waals surface area contributed by atoms with Gasteiger partial charge in [-0.15, -0.1) is 0 Å². The summed E-state index contributed by atoms with van der Waals surface area (Å²) >= 11 is 0. The molecule has 0 aliphatic carbocycles. The van der Waals surface area contributed by atoms with Crippen LogP contribution in [0.15, 0.2) is 11.8 Å². The van der Waals surface area contributed by atoms with Crippen molar-refractivity contribution < 1.29 is 9.53 Å². The summed E-state index contributed by atoms with van der Waals surface area (Å²) < 4.78 is 4.94. The molecule has 13 heavy (non-hydrogen) atoms. The van der Waals surface area contributed by atoms with Crippen LogP contribution < -0.4 is 5.32 Å². The molecule has 1 N–H and O–H groups in total. The van der Waals surface area contributed by atoms with Crippen molar-refractivity contribution in [3.05, 3.63) is 11.8 Å². The number of carbonyl (C=O) groups is 1. The van der Waals surface area contributed by atoms with Gasteiger partial charge in [0.15, 0.2) is 0 Å². The minimum atomic E-state index is -0.241. The lowest BCUT2D eigenvalue weighted by atomic mass is 10.3. The zero-order valence-electron chi connectivity index (χ0n) is 8.89. The average molecular weight is 185 g/mol. The number of hydrogen-bond acceptors (Lipinski definition) is 3. The smallest absolute Gasteiger partial charge is 0.335 e. The van der Waals surface area contributed by atoms with Crippen LogP contribution in [0.5, 0.6) is 0 Å². The third-order valence-electron chi connectivity index (χ3n) is 1.39. The van der Waals surface area contributed by atoms with E-state index in [-0.39, 0.29) is 5.97 Å². The molecule has 0 aliphatic rings. The van der Waals surface area contributed by atoms with E-state index in [4.69, 9.17) is 4.74 Å². The maximum Gasteiger partial charge on any atom is 0.335 e.